The van der Waals surface area contributed by atoms with Gasteiger partial charge in [-0.15, -0.1) is 0 Å². The Kier molecular flexibility index (Phi) is 6.20. The van der Waals surface area contributed by atoms with Gasteiger partial charge in [0.05, 0.1) is 0 Å². The second-order valence-corrected chi connectivity index (χ2v) is 8.64. The van der Waals surface area contributed by atoms with Gasteiger partial charge in [-0.25, -0.2) is 0 Å². The summed E-state index contributed by atoms with van der Waals surface area (Å²) in [5.74, 6) is 1.39. The molecule has 5 nitrogen and oxygen atoms in total. The number of aryl methyl sites for hydroxylation is 2. The molecule has 0 aliphatic carbocycles. The van der Waals surface area contributed by atoms with E-state index in [1.807, 2.05) is 40.1 Å². The zero-order valence-electron chi connectivity index (χ0n) is 17.1. The highest BCUT2D eigenvalue weighted by Gasteiger charge is 2.38. The van der Waals surface area contributed by atoms with Crippen LogP contribution in [0.1, 0.15) is 47.2 Å². The van der Waals surface area contributed by atoms with Gasteiger partial charge in [0.1, 0.15) is 0 Å². The second-order valence-electron chi connectivity index (χ2n) is 8.64. The molecule has 2 aliphatic heterocycles. The molecule has 3 unspecified atom stereocenters. The zero-order chi connectivity index (χ0) is 19.6. The molecule has 148 valence electrons. The van der Waals surface area contributed by atoms with Gasteiger partial charge in [0.25, 0.3) is 5.91 Å². The van der Waals surface area contributed by atoms with Crippen LogP contribution in [0, 0.1) is 25.7 Å². The van der Waals surface area contributed by atoms with E-state index in [1.54, 1.807) is 4.90 Å². The standard InChI is InChI=1S/C22H33N3O2/c1-15-8-16(2)10-18(9-15)22(27)25-13-17-11-19(14-25)20(23-12-17)6-5-7-21(26)24(3)4/h8-10,17,19-20,23H,5-7,11-14H2,1-4H3. The summed E-state index contributed by atoms with van der Waals surface area (Å²) in [4.78, 5) is 28.6. The number of piperidine rings is 2. The van der Waals surface area contributed by atoms with Crippen LogP contribution in [0.2, 0.25) is 0 Å². The smallest absolute Gasteiger partial charge is 0.253 e. The molecular weight excluding hydrogens is 338 g/mol. The molecule has 2 heterocycles. The molecule has 5 heteroatoms. The Hall–Kier alpha value is -1.88. The molecule has 2 saturated heterocycles. The Morgan fingerprint density at radius 1 is 1.15 bits per heavy atom. The van der Waals surface area contributed by atoms with Gasteiger partial charge in [-0.1, -0.05) is 17.2 Å². The monoisotopic (exact) mass is 371 g/mol. The molecule has 1 N–H and O–H groups in total. The molecule has 3 rings (SSSR count). The molecule has 1 aromatic carbocycles. The lowest BCUT2D eigenvalue weighted by Crippen LogP contribution is -2.57. The second kappa shape index (κ2) is 8.42. The predicted molar refractivity (Wildman–Crippen MR) is 108 cm³/mol. The fourth-order valence-corrected chi connectivity index (χ4v) is 4.65. The number of rotatable bonds is 5. The van der Waals surface area contributed by atoms with Gasteiger partial charge < -0.3 is 15.1 Å². The lowest BCUT2D eigenvalue weighted by Gasteiger charge is -2.46. The number of carbonyl (C=O) groups is 2. The molecular formula is C22H33N3O2. The molecule has 0 aromatic heterocycles. The minimum Gasteiger partial charge on any atom is -0.349 e. The maximum Gasteiger partial charge on any atom is 0.253 e. The van der Waals surface area contributed by atoms with Crippen LogP contribution in [-0.4, -0.2) is 61.4 Å². The molecule has 2 fully saturated rings. The van der Waals surface area contributed by atoms with Crippen molar-refractivity contribution in [2.24, 2.45) is 11.8 Å². The normalized spacial score (nSPS) is 24.6. The Morgan fingerprint density at radius 3 is 2.52 bits per heavy atom. The summed E-state index contributed by atoms with van der Waals surface area (Å²) >= 11 is 0. The van der Waals surface area contributed by atoms with Gasteiger partial charge in [0.2, 0.25) is 5.91 Å². The third-order valence-corrected chi connectivity index (χ3v) is 5.97. The summed E-state index contributed by atoms with van der Waals surface area (Å²) in [5, 5.41) is 3.68. The number of benzene rings is 1. The van der Waals surface area contributed by atoms with E-state index in [1.165, 1.54) is 6.42 Å². The predicted octanol–water partition coefficient (Wildman–Crippen LogP) is 2.61. The Morgan fingerprint density at radius 2 is 1.85 bits per heavy atom. The first-order valence-electron chi connectivity index (χ1n) is 10.1. The van der Waals surface area contributed by atoms with Crippen molar-refractivity contribution in [3.05, 3.63) is 34.9 Å². The van der Waals surface area contributed by atoms with Crippen LogP contribution in [0.4, 0.5) is 0 Å². The topological polar surface area (TPSA) is 52.7 Å². The van der Waals surface area contributed by atoms with Gasteiger partial charge in [-0.05, 0) is 63.6 Å². The van der Waals surface area contributed by atoms with Crippen LogP contribution in [-0.2, 0) is 4.79 Å². The minimum atomic E-state index is 0.167. The summed E-state index contributed by atoms with van der Waals surface area (Å²) in [6.45, 7) is 6.73. The highest BCUT2D eigenvalue weighted by atomic mass is 16.2. The summed E-state index contributed by atoms with van der Waals surface area (Å²) < 4.78 is 0. The number of hydrogen-bond donors (Lipinski definition) is 1. The number of nitrogens with zero attached hydrogens (tertiary/aromatic N) is 2. The van der Waals surface area contributed by atoms with Crippen LogP contribution in [0.25, 0.3) is 0 Å². The van der Waals surface area contributed by atoms with E-state index in [4.69, 9.17) is 0 Å². The molecule has 0 saturated carbocycles. The molecule has 1 aromatic rings. The van der Waals surface area contributed by atoms with E-state index >= 15 is 0 Å². The molecule has 0 radical (unpaired) electrons. The average molecular weight is 372 g/mol. The van der Waals surface area contributed by atoms with Crippen LogP contribution in [0.5, 0.6) is 0 Å². The zero-order valence-corrected chi connectivity index (χ0v) is 17.1. The highest BCUT2D eigenvalue weighted by molar-refractivity contribution is 5.94. The third-order valence-electron chi connectivity index (χ3n) is 5.97. The molecule has 2 bridgehead atoms. The Labute approximate surface area is 163 Å². The maximum atomic E-state index is 13.1. The first kappa shape index (κ1) is 19.9. The third kappa shape index (κ3) is 4.89. The van der Waals surface area contributed by atoms with Crippen molar-refractivity contribution in [3.8, 4) is 0 Å². The quantitative estimate of drug-likeness (QED) is 0.866. The summed E-state index contributed by atoms with van der Waals surface area (Å²) in [6.07, 6.45) is 3.70. The first-order valence-corrected chi connectivity index (χ1v) is 10.1. The molecule has 2 aliphatic rings. The summed E-state index contributed by atoms with van der Waals surface area (Å²) in [5.41, 5.74) is 3.09. The van der Waals surface area contributed by atoms with Gasteiger partial charge in [-0.2, -0.15) is 0 Å². The first-order chi connectivity index (χ1) is 12.8. The van der Waals surface area contributed by atoms with Crippen LogP contribution < -0.4 is 5.32 Å². The van der Waals surface area contributed by atoms with Gasteiger partial charge in [0.15, 0.2) is 0 Å². The van der Waals surface area contributed by atoms with Gasteiger partial charge >= 0.3 is 0 Å². The van der Waals surface area contributed by atoms with Crippen molar-refractivity contribution in [2.45, 2.75) is 45.6 Å². The number of likely N-dealkylation sites (tertiary alicyclic amines) is 1. The molecule has 2 amide bonds. The summed E-state index contributed by atoms with van der Waals surface area (Å²) in [7, 11) is 3.62. The van der Waals surface area contributed by atoms with Crippen LogP contribution in [0.15, 0.2) is 18.2 Å². The summed E-state index contributed by atoms with van der Waals surface area (Å²) in [6, 6.07) is 6.52. The number of hydrogen-bond acceptors (Lipinski definition) is 3. The van der Waals surface area contributed by atoms with E-state index in [9.17, 15) is 9.59 Å². The molecule has 3 atom stereocenters. The van der Waals surface area contributed by atoms with Crippen molar-refractivity contribution < 1.29 is 9.59 Å². The number of carbonyl (C=O) groups excluding carboxylic acids is 2. The molecule has 0 spiro atoms. The van der Waals surface area contributed by atoms with E-state index in [2.05, 4.69) is 16.3 Å². The van der Waals surface area contributed by atoms with Gasteiger partial charge in [-0.3, -0.25) is 9.59 Å². The van der Waals surface area contributed by atoms with Crippen LogP contribution in [0.3, 0.4) is 0 Å². The van der Waals surface area contributed by atoms with E-state index in [0.717, 1.165) is 49.2 Å². The van der Waals surface area contributed by atoms with Crippen molar-refractivity contribution in [1.29, 1.82) is 0 Å². The Balaban J connectivity index is 1.61. The lowest BCUT2D eigenvalue weighted by atomic mass is 9.78. The average Bonchev–Trinajstić information content (AvgIpc) is 2.61. The maximum absolute atomic E-state index is 13.1. The van der Waals surface area contributed by atoms with Crippen molar-refractivity contribution in [3.63, 3.8) is 0 Å². The lowest BCUT2D eigenvalue weighted by molar-refractivity contribution is -0.128. The van der Waals surface area contributed by atoms with E-state index in [0.29, 0.717) is 24.3 Å². The number of fused-ring (bicyclic) bond motifs is 2. The van der Waals surface area contributed by atoms with Gasteiger partial charge in [0, 0.05) is 45.2 Å². The SMILES string of the molecule is Cc1cc(C)cc(C(=O)N2CC3CNC(CCCC(=O)N(C)C)C(C3)C2)c1. The fourth-order valence-electron chi connectivity index (χ4n) is 4.65. The Bertz CT molecular complexity index is 681. The van der Waals surface area contributed by atoms with E-state index < -0.39 is 0 Å². The minimum absolute atomic E-state index is 0.167. The van der Waals surface area contributed by atoms with Crippen LogP contribution >= 0.6 is 0 Å². The molecule has 27 heavy (non-hydrogen) atoms. The highest BCUT2D eigenvalue weighted by Crippen LogP contribution is 2.31. The van der Waals surface area contributed by atoms with Crippen molar-refractivity contribution in [1.82, 2.24) is 15.1 Å². The van der Waals surface area contributed by atoms with Crippen molar-refractivity contribution in [2.75, 3.05) is 33.7 Å². The van der Waals surface area contributed by atoms with Crippen molar-refractivity contribution >= 4 is 11.8 Å². The van der Waals surface area contributed by atoms with E-state index in [-0.39, 0.29) is 11.8 Å². The largest absolute Gasteiger partial charge is 0.349 e. The number of nitrogens with one attached hydrogen (secondary N) is 1. The fraction of sp³-hybridized carbons (Fsp3) is 0.636. The number of amides is 2.